The van der Waals surface area contributed by atoms with Gasteiger partial charge in [-0.15, -0.1) is 0 Å². The largest absolute Gasteiger partial charge is 0.417 e. The molecule has 0 atom stereocenters. The normalized spacial score (nSPS) is 9.93. The van der Waals surface area contributed by atoms with Crippen LogP contribution in [0.2, 0.25) is 5.02 Å². The summed E-state index contributed by atoms with van der Waals surface area (Å²) in [4.78, 5) is 3.65. The molecule has 1 rings (SSSR count). The van der Waals surface area contributed by atoms with Gasteiger partial charge in [0, 0.05) is 11.1 Å². The first-order valence-corrected chi connectivity index (χ1v) is 3.98. The molecule has 0 saturated carbocycles. The maximum atomic E-state index is 11.8. The highest BCUT2D eigenvalue weighted by molar-refractivity contribution is 6.30. The number of hydrogen-bond acceptors (Lipinski definition) is 3. The fourth-order valence-corrected chi connectivity index (χ4v) is 1.07. The Kier molecular flexibility index (Phi) is 3.60. The first-order valence-electron chi connectivity index (χ1n) is 3.60. The number of halogens is 3. The van der Waals surface area contributed by atoms with Gasteiger partial charge in [-0.3, -0.25) is 0 Å². The van der Waals surface area contributed by atoms with Crippen LogP contribution < -0.4 is 4.74 Å². The minimum Gasteiger partial charge on any atom is -0.417 e. The second-order valence-electron chi connectivity index (χ2n) is 2.33. The lowest BCUT2D eigenvalue weighted by Crippen LogP contribution is -2.04. The summed E-state index contributed by atoms with van der Waals surface area (Å²) in [6, 6.07) is 4.41. The minimum atomic E-state index is -2.95. The van der Waals surface area contributed by atoms with E-state index in [4.69, 9.17) is 16.9 Å². The van der Waals surface area contributed by atoms with Crippen LogP contribution in [-0.2, 0) is 6.42 Å². The summed E-state index contributed by atoms with van der Waals surface area (Å²) in [7, 11) is 0. The number of ether oxygens (including phenoxy) is 1. The van der Waals surface area contributed by atoms with E-state index in [0.717, 1.165) is 6.07 Å². The highest BCUT2D eigenvalue weighted by atomic mass is 35.5. The smallest absolute Gasteiger partial charge is 0.388 e. The van der Waals surface area contributed by atoms with E-state index in [1.165, 1.54) is 6.07 Å². The van der Waals surface area contributed by atoms with Gasteiger partial charge in [0.05, 0.1) is 18.2 Å². The molecule has 0 aliphatic rings. The molecule has 0 N–H and O–H groups in total. The summed E-state index contributed by atoms with van der Waals surface area (Å²) < 4.78 is 27.6. The van der Waals surface area contributed by atoms with Crippen molar-refractivity contribution in [3.63, 3.8) is 0 Å². The fourth-order valence-electron chi connectivity index (χ4n) is 0.848. The van der Waals surface area contributed by atoms with Gasteiger partial charge in [-0.2, -0.15) is 14.0 Å². The van der Waals surface area contributed by atoms with Gasteiger partial charge in [-0.1, -0.05) is 11.6 Å². The van der Waals surface area contributed by atoms with Crippen LogP contribution in [-0.4, -0.2) is 11.6 Å². The van der Waals surface area contributed by atoms with Crippen molar-refractivity contribution in [3.05, 3.63) is 22.8 Å². The zero-order chi connectivity index (χ0) is 10.6. The Hall–Kier alpha value is -1.41. The first-order chi connectivity index (χ1) is 6.61. The quantitative estimate of drug-likeness (QED) is 0.783. The molecule has 0 unspecified atom stereocenters. The van der Waals surface area contributed by atoms with Crippen molar-refractivity contribution in [1.29, 1.82) is 5.26 Å². The molecular weight excluding hydrogens is 214 g/mol. The molecule has 0 saturated heterocycles. The molecule has 14 heavy (non-hydrogen) atoms. The molecule has 1 aromatic heterocycles. The Bertz CT molecular complexity index is 365. The maximum absolute atomic E-state index is 11.8. The maximum Gasteiger partial charge on any atom is 0.388 e. The van der Waals surface area contributed by atoms with Crippen molar-refractivity contribution < 1.29 is 13.5 Å². The third-order valence-electron chi connectivity index (χ3n) is 1.29. The highest BCUT2D eigenvalue weighted by Gasteiger charge is 2.07. The third-order valence-corrected chi connectivity index (χ3v) is 1.51. The SMILES string of the molecule is N#CCc1cc(Cl)cc(OC(F)F)n1. The van der Waals surface area contributed by atoms with Crippen molar-refractivity contribution in [2.75, 3.05) is 0 Å². The molecule has 0 radical (unpaired) electrons. The van der Waals surface area contributed by atoms with Crippen molar-refractivity contribution in [2.45, 2.75) is 13.0 Å². The van der Waals surface area contributed by atoms with Crippen molar-refractivity contribution in [1.82, 2.24) is 4.98 Å². The van der Waals surface area contributed by atoms with Crippen LogP contribution in [0.15, 0.2) is 12.1 Å². The van der Waals surface area contributed by atoms with Gasteiger partial charge in [0.15, 0.2) is 0 Å². The molecule has 74 valence electrons. The monoisotopic (exact) mass is 218 g/mol. The Morgan fingerprint density at radius 2 is 2.29 bits per heavy atom. The van der Waals surface area contributed by atoms with E-state index >= 15 is 0 Å². The Labute approximate surface area is 83.9 Å². The number of alkyl halides is 2. The Balaban J connectivity index is 2.90. The van der Waals surface area contributed by atoms with Gasteiger partial charge >= 0.3 is 6.61 Å². The molecule has 0 spiro atoms. The number of nitriles is 1. The molecular formula is C8H5ClF2N2O. The molecule has 0 aliphatic carbocycles. The lowest BCUT2D eigenvalue weighted by Gasteiger charge is -2.04. The molecule has 3 nitrogen and oxygen atoms in total. The number of pyridine rings is 1. The van der Waals surface area contributed by atoms with Crippen molar-refractivity contribution in [2.24, 2.45) is 0 Å². The zero-order valence-electron chi connectivity index (χ0n) is 6.88. The van der Waals surface area contributed by atoms with Crippen LogP contribution in [0.4, 0.5) is 8.78 Å². The van der Waals surface area contributed by atoms with Gasteiger partial charge in [-0.25, -0.2) is 4.98 Å². The minimum absolute atomic E-state index is 0.000157. The van der Waals surface area contributed by atoms with Crippen molar-refractivity contribution >= 4 is 11.6 Å². The molecule has 0 bridgehead atoms. The van der Waals surface area contributed by atoms with Gasteiger partial charge in [0.25, 0.3) is 0 Å². The molecule has 0 aliphatic heterocycles. The van der Waals surface area contributed by atoms with E-state index < -0.39 is 6.61 Å². The summed E-state index contributed by atoms with van der Waals surface area (Å²) >= 11 is 5.59. The molecule has 0 aromatic carbocycles. The van der Waals surface area contributed by atoms with E-state index in [0.29, 0.717) is 5.69 Å². The van der Waals surface area contributed by atoms with E-state index in [1.807, 2.05) is 6.07 Å². The Morgan fingerprint density at radius 3 is 2.86 bits per heavy atom. The summed E-state index contributed by atoms with van der Waals surface area (Å²) in [5, 5.41) is 8.57. The van der Waals surface area contributed by atoms with Gasteiger partial charge in [-0.05, 0) is 6.07 Å². The lowest BCUT2D eigenvalue weighted by molar-refractivity contribution is -0.0529. The topological polar surface area (TPSA) is 45.9 Å². The standard InChI is InChI=1S/C8H5ClF2N2O/c9-5-3-6(1-2-12)13-7(4-5)14-8(10)11/h3-4,8H,1H2. The second-order valence-corrected chi connectivity index (χ2v) is 2.76. The predicted octanol–water partition coefficient (Wildman–Crippen LogP) is 2.40. The van der Waals surface area contributed by atoms with Crippen LogP contribution in [0.1, 0.15) is 5.69 Å². The van der Waals surface area contributed by atoms with Gasteiger partial charge in [0.2, 0.25) is 5.88 Å². The lowest BCUT2D eigenvalue weighted by atomic mass is 10.3. The summed E-state index contributed by atoms with van der Waals surface area (Å²) in [6.07, 6.45) is 0.000157. The number of nitrogens with zero attached hydrogens (tertiary/aromatic N) is 2. The summed E-state index contributed by atoms with van der Waals surface area (Å²) in [5.74, 6) is -0.280. The number of hydrogen-bond donors (Lipinski definition) is 0. The van der Waals surface area contributed by atoms with Crippen LogP contribution in [0.3, 0.4) is 0 Å². The molecule has 6 heteroatoms. The Morgan fingerprint density at radius 1 is 1.57 bits per heavy atom. The second kappa shape index (κ2) is 4.72. The average molecular weight is 219 g/mol. The van der Waals surface area contributed by atoms with Gasteiger partial charge < -0.3 is 4.74 Å². The van der Waals surface area contributed by atoms with Crippen LogP contribution >= 0.6 is 11.6 Å². The van der Waals surface area contributed by atoms with Crippen molar-refractivity contribution in [3.8, 4) is 11.9 Å². The fraction of sp³-hybridized carbons (Fsp3) is 0.250. The van der Waals surface area contributed by atoms with Crippen LogP contribution in [0, 0.1) is 11.3 Å². The van der Waals surface area contributed by atoms with Crippen LogP contribution in [0.25, 0.3) is 0 Å². The van der Waals surface area contributed by atoms with E-state index in [2.05, 4.69) is 9.72 Å². The summed E-state index contributed by atoms with van der Waals surface area (Å²) in [6.45, 7) is -2.95. The van der Waals surface area contributed by atoms with E-state index in [-0.39, 0.29) is 17.3 Å². The van der Waals surface area contributed by atoms with Gasteiger partial charge in [0.1, 0.15) is 0 Å². The zero-order valence-corrected chi connectivity index (χ0v) is 7.63. The van der Waals surface area contributed by atoms with E-state index in [1.54, 1.807) is 0 Å². The molecule has 0 amide bonds. The molecule has 0 fully saturated rings. The predicted molar refractivity (Wildman–Crippen MR) is 45.2 cm³/mol. The summed E-state index contributed by atoms with van der Waals surface area (Å²) in [5.41, 5.74) is 0.302. The highest BCUT2D eigenvalue weighted by Crippen LogP contribution is 2.18. The molecule has 1 heterocycles. The van der Waals surface area contributed by atoms with Crippen LogP contribution in [0.5, 0.6) is 5.88 Å². The number of aromatic nitrogens is 1. The average Bonchev–Trinajstić information content (AvgIpc) is 2.01. The van der Waals surface area contributed by atoms with E-state index in [9.17, 15) is 8.78 Å². The number of rotatable bonds is 3. The third kappa shape index (κ3) is 3.15. The molecule has 1 aromatic rings. The first kappa shape index (κ1) is 10.7.